The molecular formula is C12H16N4OS. The Morgan fingerprint density at radius 3 is 3.11 bits per heavy atom. The lowest BCUT2D eigenvalue weighted by atomic mass is 10.2. The zero-order valence-electron chi connectivity index (χ0n) is 10.4. The van der Waals surface area contributed by atoms with Gasteiger partial charge in [0.05, 0.1) is 11.0 Å². The van der Waals surface area contributed by atoms with Gasteiger partial charge in [-0.3, -0.25) is 10.2 Å². The molecule has 0 spiro atoms. The van der Waals surface area contributed by atoms with E-state index in [0.717, 1.165) is 16.2 Å². The van der Waals surface area contributed by atoms with Crippen LogP contribution in [-0.4, -0.2) is 21.6 Å². The Labute approximate surface area is 110 Å². The van der Waals surface area contributed by atoms with Crippen LogP contribution in [-0.2, 0) is 4.79 Å². The number of hydrazine groups is 1. The molecule has 1 amide bonds. The summed E-state index contributed by atoms with van der Waals surface area (Å²) in [5.74, 6) is 5.43. The number of nitrogens with two attached hydrogens (primary N) is 1. The van der Waals surface area contributed by atoms with E-state index in [0.29, 0.717) is 5.75 Å². The van der Waals surface area contributed by atoms with Crippen LogP contribution in [0.1, 0.15) is 12.5 Å². The molecule has 0 saturated carbocycles. The Morgan fingerprint density at radius 2 is 2.39 bits per heavy atom. The highest BCUT2D eigenvalue weighted by Gasteiger charge is 2.13. The van der Waals surface area contributed by atoms with Crippen LogP contribution in [0, 0.1) is 12.8 Å². The Kier molecular flexibility index (Phi) is 3.88. The fraction of sp³-hybridized carbons (Fsp3) is 0.333. The summed E-state index contributed by atoms with van der Waals surface area (Å²) < 4.78 is 0. The maximum Gasteiger partial charge on any atom is 0.237 e. The van der Waals surface area contributed by atoms with Crippen molar-refractivity contribution in [1.82, 2.24) is 15.4 Å². The number of fused-ring (bicyclic) bond motifs is 1. The number of rotatable bonds is 4. The van der Waals surface area contributed by atoms with Crippen LogP contribution < -0.4 is 11.3 Å². The minimum absolute atomic E-state index is 0.144. The summed E-state index contributed by atoms with van der Waals surface area (Å²) in [5, 5.41) is 0.826. The van der Waals surface area contributed by atoms with Crippen molar-refractivity contribution in [3.05, 3.63) is 23.8 Å². The molecule has 0 aliphatic heterocycles. The van der Waals surface area contributed by atoms with Gasteiger partial charge in [-0.1, -0.05) is 24.8 Å². The number of thioether (sulfide) groups is 1. The molecule has 1 heterocycles. The minimum Gasteiger partial charge on any atom is -0.333 e. The van der Waals surface area contributed by atoms with Gasteiger partial charge in [-0.25, -0.2) is 10.8 Å². The highest BCUT2D eigenvalue weighted by Crippen LogP contribution is 2.22. The molecule has 0 bridgehead atoms. The van der Waals surface area contributed by atoms with Crippen molar-refractivity contribution in [2.24, 2.45) is 11.8 Å². The number of aromatic amines is 1. The summed E-state index contributed by atoms with van der Waals surface area (Å²) in [6, 6.07) is 6.08. The summed E-state index contributed by atoms with van der Waals surface area (Å²) in [5.41, 5.74) is 5.31. The standard InChI is InChI=1S/C12H16N4OS/c1-7-3-4-9-10(5-7)15-12(14-9)18-6-8(2)11(17)16-13/h3-5,8H,6,13H2,1-2H3,(H,14,15)(H,16,17). The second-order valence-corrected chi connectivity index (χ2v) is 5.29. The van der Waals surface area contributed by atoms with E-state index in [1.807, 2.05) is 26.0 Å². The van der Waals surface area contributed by atoms with E-state index >= 15 is 0 Å². The fourth-order valence-electron chi connectivity index (χ4n) is 1.59. The van der Waals surface area contributed by atoms with E-state index < -0.39 is 0 Å². The number of carbonyl (C=O) groups is 1. The summed E-state index contributed by atoms with van der Waals surface area (Å²) in [6.07, 6.45) is 0. The summed E-state index contributed by atoms with van der Waals surface area (Å²) in [6.45, 7) is 3.88. The van der Waals surface area contributed by atoms with Crippen LogP contribution in [0.2, 0.25) is 0 Å². The molecule has 1 aromatic carbocycles. The van der Waals surface area contributed by atoms with Gasteiger partial charge >= 0.3 is 0 Å². The predicted octanol–water partition coefficient (Wildman–Crippen LogP) is 1.59. The van der Waals surface area contributed by atoms with Crippen LogP contribution in [0.15, 0.2) is 23.4 Å². The topological polar surface area (TPSA) is 83.8 Å². The number of H-pyrrole nitrogens is 1. The maximum atomic E-state index is 11.3. The lowest BCUT2D eigenvalue weighted by Gasteiger charge is -2.06. The van der Waals surface area contributed by atoms with Crippen molar-refractivity contribution in [2.45, 2.75) is 19.0 Å². The van der Waals surface area contributed by atoms with E-state index in [2.05, 4.69) is 21.5 Å². The van der Waals surface area contributed by atoms with E-state index in [9.17, 15) is 4.79 Å². The van der Waals surface area contributed by atoms with Gasteiger partial charge in [0, 0.05) is 11.7 Å². The van der Waals surface area contributed by atoms with Gasteiger partial charge in [0.1, 0.15) is 0 Å². The van der Waals surface area contributed by atoms with Crippen molar-refractivity contribution in [3.8, 4) is 0 Å². The number of imidazole rings is 1. The highest BCUT2D eigenvalue weighted by molar-refractivity contribution is 7.99. The van der Waals surface area contributed by atoms with Gasteiger partial charge in [-0.15, -0.1) is 0 Å². The average molecular weight is 264 g/mol. The molecular weight excluding hydrogens is 248 g/mol. The molecule has 1 aromatic heterocycles. The van der Waals surface area contributed by atoms with Crippen LogP contribution in [0.4, 0.5) is 0 Å². The number of hydrogen-bond donors (Lipinski definition) is 3. The number of nitrogens with zero attached hydrogens (tertiary/aromatic N) is 1. The molecule has 1 atom stereocenters. The molecule has 2 rings (SSSR count). The highest BCUT2D eigenvalue weighted by atomic mass is 32.2. The molecule has 0 aliphatic carbocycles. The minimum atomic E-state index is -0.158. The Hall–Kier alpha value is -1.53. The van der Waals surface area contributed by atoms with Crippen LogP contribution in [0.3, 0.4) is 0 Å². The number of aromatic nitrogens is 2. The molecule has 2 aromatic rings. The first-order chi connectivity index (χ1) is 8.60. The molecule has 0 saturated heterocycles. The third kappa shape index (κ3) is 2.83. The number of carbonyl (C=O) groups excluding carboxylic acids is 1. The average Bonchev–Trinajstić information content (AvgIpc) is 2.76. The van der Waals surface area contributed by atoms with Gasteiger partial charge in [0.2, 0.25) is 5.91 Å². The quantitative estimate of drug-likeness (QED) is 0.339. The summed E-state index contributed by atoms with van der Waals surface area (Å²) in [4.78, 5) is 19.0. The van der Waals surface area contributed by atoms with Gasteiger partial charge in [0.25, 0.3) is 0 Å². The van der Waals surface area contributed by atoms with Gasteiger partial charge in [-0.2, -0.15) is 0 Å². The first-order valence-corrected chi connectivity index (χ1v) is 6.68. The molecule has 1 unspecified atom stereocenters. The predicted molar refractivity (Wildman–Crippen MR) is 73.0 cm³/mol. The summed E-state index contributed by atoms with van der Waals surface area (Å²) >= 11 is 1.52. The second kappa shape index (κ2) is 5.41. The van der Waals surface area contributed by atoms with E-state index in [1.165, 1.54) is 17.3 Å². The Morgan fingerprint density at radius 1 is 1.61 bits per heavy atom. The van der Waals surface area contributed by atoms with Gasteiger partial charge < -0.3 is 4.98 Å². The van der Waals surface area contributed by atoms with Crippen molar-refractivity contribution < 1.29 is 4.79 Å². The van der Waals surface area contributed by atoms with Crippen molar-refractivity contribution >= 4 is 28.7 Å². The van der Waals surface area contributed by atoms with Gasteiger partial charge in [0.15, 0.2) is 5.16 Å². The first kappa shape index (κ1) is 12.9. The molecule has 5 nitrogen and oxygen atoms in total. The fourth-order valence-corrected chi connectivity index (χ4v) is 2.49. The van der Waals surface area contributed by atoms with E-state index in [-0.39, 0.29) is 11.8 Å². The molecule has 4 N–H and O–H groups in total. The lowest BCUT2D eigenvalue weighted by Crippen LogP contribution is -2.35. The van der Waals surface area contributed by atoms with Crippen molar-refractivity contribution in [3.63, 3.8) is 0 Å². The zero-order valence-corrected chi connectivity index (χ0v) is 11.2. The van der Waals surface area contributed by atoms with Crippen molar-refractivity contribution in [1.29, 1.82) is 0 Å². The van der Waals surface area contributed by atoms with E-state index in [1.54, 1.807) is 0 Å². The molecule has 96 valence electrons. The first-order valence-electron chi connectivity index (χ1n) is 5.70. The molecule has 0 fully saturated rings. The van der Waals surface area contributed by atoms with E-state index in [4.69, 9.17) is 5.84 Å². The Bertz CT molecular complexity index is 566. The SMILES string of the molecule is Cc1ccc2nc(SCC(C)C(=O)NN)[nH]c2c1. The molecule has 18 heavy (non-hydrogen) atoms. The number of benzene rings is 1. The second-order valence-electron chi connectivity index (χ2n) is 4.28. The number of amides is 1. The smallest absolute Gasteiger partial charge is 0.237 e. The summed E-state index contributed by atoms with van der Waals surface area (Å²) in [7, 11) is 0. The van der Waals surface area contributed by atoms with Crippen LogP contribution >= 0.6 is 11.8 Å². The largest absolute Gasteiger partial charge is 0.333 e. The maximum absolute atomic E-state index is 11.3. The number of nitrogens with one attached hydrogen (secondary N) is 2. The number of aryl methyl sites for hydroxylation is 1. The monoisotopic (exact) mass is 264 g/mol. The van der Waals surface area contributed by atoms with Crippen molar-refractivity contribution in [2.75, 3.05) is 5.75 Å². The van der Waals surface area contributed by atoms with Crippen LogP contribution in [0.5, 0.6) is 0 Å². The number of hydrogen-bond acceptors (Lipinski definition) is 4. The normalized spacial score (nSPS) is 12.6. The van der Waals surface area contributed by atoms with Crippen LogP contribution in [0.25, 0.3) is 11.0 Å². The molecule has 6 heteroatoms. The van der Waals surface area contributed by atoms with Gasteiger partial charge in [-0.05, 0) is 24.6 Å². The zero-order chi connectivity index (χ0) is 13.1. The Balaban J connectivity index is 2.06. The third-order valence-corrected chi connectivity index (χ3v) is 3.81. The lowest BCUT2D eigenvalue weighted by molar-refractivity contribution is -0.123. The third-order valence-electron chi connectivity index (χ3n) is 2.68. The molecule has 0 aliphatic rings. The molecule has 0 radical (unpaired) electrons.